The van der Waals surface area contributed by atoms with Gasteiger partial charge in [-0.25, -0.2) is 0 Å². The Kier molecular flexibility index (Phi) is 47.9. The molecule has 0 amide bonds. The molecule has 12 aliphatic carbocycles. The molecule has 2 nitrogen and oxygen atoms in total. The van der Waals surface area contributed by atoms with Gasteiger partial charge < -0.3 is 39.2 Å². The van der Waals surface area contributed by atoms with Crippen LogP contribution in [0.1, 0.15) is 321 Å². The summed E-state index contributed by atoms with van der Waals surface area (Å²) in [6.45, 7) is 90.6. The van der Waals surface area contributed by atoms with E-state index in [2.05, 4.69) is 249 Å². The maximum atomic E-state index is 5.51. The SMILES string of the molecule is C.C1COC(C2CCCO2)C1.CC1=C(C)C2C(C)C(C)C(CCC3C(C)C(C)C4C(C)=C(C)C(C)=C(C)C34)C2C(C)=C1C.CC1=C(C)C2C(C)C(C)C(CCC3C(C)C(C)C4C(C)=C(C)C(C)=C(C)C34)C2C(C)=C1C.CC1=C(C)C2C(C)C(C)C(CCC3C(C)C(C)C4C(C)=C(C)C(C)=C(C)C34)C2C(C)=C1C.[CH3-].[CH3-].[CH3-].[CH3-].[Cl][Zr+2][Cl].[Cl][Zr+2][Cl].[Cl][Zr]([Cl])([Cl])[Cl]. The molecule has 32 unspecified atom stereocenters. The van der Waals surface area contributed by atoms with Crippen molar-refractivity contribution in [3.63, 3.8) is 0 Å². The summed E-state index contributed by atoms with van der Waals surface area (Å²) in [5, 5.41) is 0. The van der Waals surface area contributed by atoms with E-state index >= 15 is 0 Å². The molecule has 6 saturated carbocycles. The van der Waals surface area contributed by atoms with Crippen LogP contribution in [0.3, 0.4) is 0 Å². The topological polar surface area (TPSA) is 18.5 Å². The van der Waals surface area contributed by atoms with Gasteiger partial charge in [-0.05, 0) is 475 Å². The fourth-order valence-corrected chi connectivity index (χ4v) is 29.5. The Labute approximate surface area is 812 Å². The standard InChI is InChI=1S/3C32H50.C8H14O2.CH4.4CH3.8ClH.3Zr/c3*1-15-17(3)23(9)31-27(19(5)25(11)29(31)21(15)7)13-14-28-20(6)26(12)30-22(8)16(2)18(4)24(10)32(28)30;1-3-7(9-5-1)8-4-2-6-10-8;;;;;;;;;;;;;;;;/h3*19-20,25-32H,13-14H2,1-12H3;7-8H,1-6H2;1H4;4*1H3;8*1H;;;/q;;;;;4*-1;;;;;;;;;3*+4/p-8. The van der Waals surface area contributed by atoms with Gasteiger partial charge in [0.15, 0.2) is 0 Å². The third-order valence-corrected chi connectivity index (χ3v) is 38.8. The van der Waals surface area contributed by atoms with Crippen LogP contribution in [0.5, 0.6) is 0 Å². The van der Waals surface area contributed by atoms with Crippen molar-refractivity contribution in [2.75, 3.05) is 13.2 Å². The normalized spacial score (nSPS) is 39.1. The molecular formula is C109H180Cl8O2Zr3. The summed E-state index contributed by atoms with van der Waals surface area (Å²) in [7, 11) is 39.9. The van der Waals surface area contributed by atoms with Crippen molar-refractivity contribution in [2.24, 2.45) is 178 Å². The second-order valence-electron chi connectivity index (χ2n) is 41.7. The Morgan fingerprint density at radius 2 is 0.336 bits per heavy atom. The van der Waals surface area contributed by atoms with E-state index in [1.54, 1.807) is 134 Å². The maximum absolute atomic E-state index is 5.51. The van der Waals surface area contributed by atoms with Gasteiger partial charge in [-0.15, -0.1) is 0 Å². The molecule has 0 N–H and O–H groups in total. The molecule has 13 heteroatoms. The van der Waals surface area contributed by atoms with Crippen LogP contribution in [0.2, 0.25) is 0 Å². The summed E-state index contributed by atoms with van der Waals surface area (Å²) in [5.41, 5.74) is 39.5. The van der Waals surface area contributed by atoms with E-state index in [0.29, 0.717) is 12.2 Å². The Balaban J connectivity index is 0.000000413. The van der Waals surface area contributed by atoms with Crippen LogP contribution in [0.25, 0.3) is 0 Å². The van der Waals surface area contributed by atoms with Crippen molar-refractivity contribution >= 4 is 68.1 Å². The molecule has 0 radical (unpaired) electrons. The van der Waals surface area contributed by atoms with Crippen LogP contribution in [-0.4, -0.2) is 25.4 Å². The summed E-state index contributed by atoms with van der Waals surface area (Å²) >= 11 is -4.94. The van der Waals surface area contributed by atoms with Gasteiger partial charge in [0.25, 0.3) is 0 Å². The molecule has 8 fully saturated rings. The monoisotopic (exact) mass is 2070 g/mol. The number of hydrogen-bond acceptors (Lipinski definition) is 2. The summed E-state index contributed by atoms with van der Waals surface area (Å²) < 4.78 is 11.0. The van der Waals surface area contributed by atoms with E-state index in [1.165, 1.54) is 64.2 Å². The number of ether oxygens (including phenoxy) is 2. The minimum atomic E-state index is -3.29. The summed E-state index contributed by atoms with van der Waals surface area (Å²) in [5.74, 6) is 24.2. The van der Waals surface area contributed by atoms with E-state index in [1.807, 2.05) is 0 Å². The molecule has 2 saturated heterocycles. The van der Waals surface area contributed by atoms with E-state index in [9.17, 15) is 0 Å². The molecule has 2 heterocycles. The van der Waals surface area contributed by atoms with Crippen molar-refractivity contribution in [3.8, 4) is 0 Å². The Hall–Kier alpha value is 1.77. The Morgan fingerprint density at radius 3 is 0.434 bits per heavy atom. The molecule has 14 aliphatic rings. The summed E-state index contributed by atoms with van der Waals surface area (Å²) in [6.07, 6.45) is 14.3. The van der Waals surface area contributed by atoms with E-state index in [-0.39, 0.29) is 37.1 Å². The fourth-order valence-electron chi connectivity index (χ4n) is 29.5. The van der Waals surface area contributed by atoms with E-state index in [4.69, 9.17) is 77.6 Å². The van der Waals surface area contributed by atoms with Crippen molar-refractivity contribution in [2.45, 2.75) is 333 Å². The molecule has 0 bridgehead atoms. The Morgan fingerprint density at radius 1 is 0.230 bits per heavy atom. The number of allylic oxidation sites excluding steroid dienone is 24. The first-order valence-corrected chi connectivity index (χ1v) is 71.9. The average molecular weight is 2080 g/mol. The summed E-state index contributed by atoms with van der Waals surface area (Å²) in [6, 6.07) is 0. The average Bonchev–Trinajstić information content (AvgIpc) is 1.60. The second kappa shape index (κ2) is 49.5. The van der Waals surface area contributed by atoms with Gasteiger partial charge in [-0.1, -0.05) is 157 Å². The number of hydrogen-bond donors (Lipinski definition) is 0. The molecule has 0 aromatic carbocycles. The zero-order valence-electron chi connectivity index (χ0n) is 84.3. The molecule has 14 rings (SSSR count). The molecule has 32 atom stereocenters. The molecule has 0 spiro atoms. The van der Waals surface area contributed by atoms with Crippen molar-refractivity contribution in [3.05, 3.63) is 163 Å². The molecule has 0 aromatic rings. The van der Waals surface area contributed by atoms with Crippen molar-refractivity contribution < 1.29 is 66.7 Å². The molecular weight excluding hydrogens is 1900 g/mol. The van der Waals surface area contributed by atoms with Gasteiger partial charge in [0.05, 0.1) is 12.2 Å². The second-order valence-corrected chi connectivity index (χ2v) is 71.6. The number of fused-ring (bicyclic) bond motifs is 6. The van der Waals surface area contributed by atoms with Crippen molar-refractivity contribution in [1.82, 2.24) is 0 Å². The predicted octanol–water partition coefficient (Wildman–Crippen LogP) is 37.5. The van der Waals surface area contributed by atoms with Gasteiger partial charge in [0.2, 0.25) is 0 Å². The first-order chi connectivity index (χ1) is 54.5. The van der Waals surface area contributed by atoms with Crippen LogP contribution in [0.15, 0.2) is 134 Å². The first-order valence-electron chi connectivity index (χ1n) is 46.6. The third kappa shape index (κ3) is 23.5. The Bertz CT molecular complexity index is 3330. The van der Waals surface area contributed by atoms with Crippen LogP contribution >= 0.6 is 68.1 Å². The minimum absolute atomic E-state index is 0. The number of rotatable bonds is 10. The predicted molar refractivity (Wildman–Crippen MR) is 538 cm³/mol. The quantitative estimate of drug-likeness (QED) is 0.203. The van der Waals surface area contributed by atoms with Gasteiger partial charge >= 0.3 is 125 Å². The van der Waals surface area contributed by atoms with Crippen LogP contribution < -0.4 is 0 Å². The molecule has 2 aliphatic heterocycles. The van der Waals surface area contributed by atoms with E-state index < -0.39 is 57.2 Å². The van der Waals surface area contributed by atoms with Gasteiger partial charge in [-0.2, -0.15) is 0 Å². The van der Waals surface area contributed by atoms with Gasteiger partial charge in [-0.3, -0.25) is 0 Å². The van der Waals surface area contributed by atoms with Crippen molar-refractivity contribution in [1.29, 1.82) is 0 Å². The first kappa shape index (κ1) is 118. The molecule has 696 valence electrons. The zero-order valence-corrected chi connectivity index (χ0v) is 97.7. The van der Waals surface area contributed by atoms with Crippen LogP contribution in [-0.2, 0) is 66.7 Å². The van der Waals surface area contributed by atoms with Gasteiger partial charge in [0.1, 0.15) is 0 Å². The third-order valence-electron chi connectivity index (χ3n) is 38.8. The van der Waals surface area contributed by atoms with E-state index in [0.717, 1.165) is 191 Å². The zero-order chi connectivity index (χ0) is 88.1. The molecule has 0 aromatic heterocycles. The van der Waals surface area contributed by atoms with Gasteiger partial charge in [0, 0.05) is 13.2 Å². The molecule has 122 heavy (non-hydrogen) atoms. The van der Waals surface area contributed by atoms with Crippen LogP contribution in [0.4, 0.5) is 0 Å². The van der Waals surface area contributed by atoms with Crippen LogP contribution in [0, 0.1) is 207 Å². The fraction of sp³-hybridized carbons (Fsp3) is 0.743. The number of halogens is 8. The summed E-state index contributed by atoms with van der Waals surface area (Å²) in [4.78, 5) is 0.